The molecule has 0 spiro atoms. The van der Waals surface area contributed by atoms with Crippen molar-refractivity contribution in [3.05, 3.63) is 58.1 Å². The summed E-state index contributed by atoms with van der Waals surface area (Å²) in [6.45, 7) is -3.08. The fraction of sp³-hybridized carbons (Fsp3) is 0.158. The van der Waals surface area contributed by atoms with Gasteiger partial charge in [-0.1, -0.05) is 11.6 Å². The lowest BCUT2D eigenvalue weighted by Crippen LogP contribution is -2.05. The van der Waals surface area contributed by atoms with Gasteiger partial charge in [-0.25, -0.2) is 0 Å². The Morgan fingerprint density at radius 2 is 1.85 bits per heavy atom. The molecule has 0 aliphatic rings. The molecule has 0 fully saturated rings. The number of benzene rings is 2. The van der Waals surface area contributed by atoms with Crippen LogP contribution in [0.5, 0.6) is 17.2 Å². The van der Waals surface area contributed by atoms with E-state index in [2.05, 4.69) is 4.74 Å². The minimum atomic E-state index is -3.08. The van der Waals surface area contributed by atoms with Crippen molar-refractivity contribution in [2.75, 3.05) is 14.2 Å². The van der Waals surface area contributed by atoms with E-state index in [0.717, 1.165) is 0 Å². The molecule has 0 aromatic heterocycles. The SMILES string of the molecule is COc1ccc(C(=O)/C(C#N)=C/c2cc(Cl)c(OC(F)F)c(OC)c2)cc1. The number of carbonyl (C=O) groups is 1. The second-order valence-corrected chi connectivity index (χ2v) is 5.55. The zero-order valence-electron chi connectivity index (χ0n) is 14.3. The Morgan fingerprint density at radius 3 is 2.37 bits per heavy atom. The molecule has 2 aromatic carbocycles. The average Bonchev–Trinajstić information content (AvgIpc) is 2.67. The van der Waals surface area contributed by atoms with Crippen LogP contribution in [0.25, 0.3) is 6.08 Å². The number of ether oxygens (including phenoxy) is 3. The van der Waals surface area contributed by atoms with Gasteiger partial charge in [0.25, 0.3) is 0 Å². The van der Waals surface area contributed by atoms with Gasteiger partial charge in [0.2, 0.25) is 5.78 Å². The third-order valence-electron chi connectivity index (χ3n) is 3.49. The third-order valence-corrected chi connectivity index (χ3v) is 3.77. The van der Waals surface area contributed by atoms with Gasteiger partial charge in [-0.05, 0) is 48.0 Å². The maximum atomic E-state index is 12.5. The van der Waals surface area contributed by atoms with Gasteiger partial charge in [0.15, 0.2) is 11.5 Å². The lowest BCUT2D eigenvalue weighted by molar-refractivity contribution is -0.0511. The fourth-order valence-corrected chi connectivity index (χ4v) is 2.50. The van der Waals surface area contributed by atoms with Gasteiger partial charge >= 0.3 is 6.61 Å². The minimum absolute atomic E-state index is 0.0526. The van der Waals surface area contributed by atoms with Crippen LogP contribution in [0.2, 0.25) is 5.02 Å². The number of alkyl halides is 2. The number of ketones is 1. The molecule has 0 amide bonds. The van der Waals surface area contributed by atoms with E-state index in [9.17, 15) is 18.8 Å². The van der Waals surface area contributed by atoms with Crippen LogP contribution < -0.4 is 14.2 Å². The molecule has 0 unspecified atom stereocenters. The first-order chi connectivity index (χ1) is 12.9. The Kier molecular flexibility index (Phi) is 6.74. The number of Topliss-reactive ketones (excluding diaryl/α,β-unsaturated/α-hetero) is 1. The smallest absolute Gasteiger partial charge is 0.387 e. The van der Waals surface area contributed by atoms with Crippen molar-refractivity contribution in [3.8, 4) is 23.3 Å². The van der Waals surface area contributed by atoms with E-state index >= 15 is 0 Å². The molecular formula is C19H14ClF2NO4. The number of nitrogens with zero attached hydrogens (tertiary/aromatic N) is 1. The van der Waals surface area contributed by atoms with E-state index in [1.54, 1.807) is 12.1 Å². The van der Waals surface area contributed by atoms with Crippen LogP contribution in [-0.2, 0) is 0 Å². The van der Waals surface area contributed by atoms with E-state index in [1.165, 1.54) is 44.6 Å². The maximum absolute atomic E-state index is 12.5. The molecule has 2 aromatic rings. The van der Waals surface area contributed by atoms with Crippen molar-refractivity contribution in [3.63, 3.8) is 0 Å². The maximum Gasteiger partial charge on any atom is 0.387 e. The van der Waals surface area contributed by atoms with Gasteiger partial charge in [-0.3, -0.25) is 4.79 Å². The summed E-state index contributed by atoms with van der Waals surface area (Å²) in [5.41, 5.74) is 0.442. The molecule has 27 heavy (non-hydrogen) atoms. The van der Waals surface area contributed by atoms with E-state index in [0.29, 0.717) is 16.9 Å². The van der Waals surface area contributed by atoms with Gasteiger partial charge in [0.05, 0.1) is 19.2 Å². The summed E-state index contributed by atoms with van der Waals surface area (Å²) in [6, 6.07) is 10.7. The van der Waals surface area contributed by atoms with Gasteiger partial charge < -0.3 is 14.2 Å². The number of methoxy groups -OCH3 is 2. The van der Waals surface area contributed by atoms with E-state index in [4.69, 9.17) is 21.1 Å². The van der Waals surface area contributed by atoms with Crippen LogP contribution in [0, 0.1) is 11.3 Å². The molecule has 0 bridgehead atoms. The summed E-state index contributed by atoms with van der Waals surface area (Å²) < 4.78 is 39.3. The minimum Gasteiger partial charge on any atom is -0.497 e. The molecule has 0 saturated carbocycles. The highest BCUT2D eigenvalue weighted by atomic mass is 35.5. The summed E-state index contributed by atoms with van der Waals surface area (Å²) in [5, 5.41) is 9.19. The van der Waals surface area contributed by atoms with Crippen LogP contribution in [0.4, 0.5) is 8.78 Å². The fourth-order valence-electron chi connectivity index (χ4n) is 2.24. The topological polar surface area (TPSA) is 68.6 Å². The Morgan fingerprint density at radius 1 is 1.19 bits per heavy atom. The van der Waals surface area contributed by atoms with Crippen LogP contribution >= 0.6 is 11.6 Å². The van der Waals surface area contributed by atoms with Gasteiger partial charge in [-0.2, -0.15) is 14.0 Å². The predicted molar refractivity (Wildman–Crippen MR) is 95.6 cm³/mol. The zero-order chi connectivity index (χ0) is 20.0. The highest BCUT2D eigenvalue weighted by Gasteiger charge is 2.17. The zero-order valence-corrected chi connectivity index (χ0v) is 15.1. The second kappa shape index (κ2) is 9.01. The van der Waals surface area contributed by atoms with Crippen molar-refractivity contribution >= 4 is 23.5 Å². The number of carbonyl (C=O) groups excluding carboxylic acids is 1. The Hall–Kier alpha value is -3.11. The van der Waals surface area contributed by atoms with Crippen LogP contribution in [0.3, 0.4) is 0 Å². The van der Waals surface area contributed by atoms with Gasteiger partial charge in [0, 0.05) is 5.56 Å². The summed E-state index contributed by atoms with van der Waals surface area (Å²) in [4.78, 5) is 12.5. The molecule has 0 aliphatic heterocycles. The number of hydrogen-bond acceptors (Lipinski definition) is 5. The van der Waals surface area contributed by atoms with Crippen molar-refractivity contribution in [2.45, 2.75) is 6.61 Å². The lowest BCUT2D eigenvalue weighted by Gasteiger charge is -2.12. The van der Waals surface area contributed by atoms with Crippen molar-refractivity contribution < 1.29 is 27.8 Å². The molecule has 0 N–H and O–H groups in total. The molecule has 0 heterocycles. The van der Waals surface area contributed by atoms with Crippen molar-refractivity contribution in [1.29, 1.82) is 5.26 Å². The van der Waals surface area contributed by atoms with Gasteiger partial charge in [0.1, 0.15) is 17.4 Å². The number of hydrogen-bond donors (Lipinski definition) is 0. The van der Waals surface area contributed by atoms with Crippen molar-refractivity contribution in [2.24, 2.45) is 0 Å². The molecule has 0 atom stereocenters. The van der Waals surface area contributed by atoms with E-state index in [1.807, 2.05) is 6.07 Å². The first-order valence-electron chi connectivity index (χ1n) is 7.52. The van der Waals surface area contributed by atoms with E-state index in [-0.39, 0.29) is 22.1 Å². The first-order valence-corrected chi connectivity index (χ1v) is 7.90. The number of rotatable bonds is 7. The average molecular weight is 394 g/mol. The molecule has 5 nitrogen and oxygen atoms in total. The normalized spacial score (nSPS) is 11.1. The predicted octanol–water partition coefficient (Wildman–Crippen LogP) is 4.75. The third kappa shape index (κ3) is 4.96. The molecule has 2 rings (SSSR count). The van der Waals surface area contributed by atoms with E-state index < -0.39 is 12.4 Å². The molecular weight excluding hydrogens is 380 g/mol. The standard InChI is InChI=1S/C19H14ClF2NO4/c1-25-14-5-3-12(4-6-14)17(24)13(10-23)7-11-8-15(20)18(27-19(21)22)16(9-11)26-2/h3-9,19H,1-2H3/b13-7+. The van der Waals surface area contributed by atoms with Gasteiger partial charge in [-0.15, -0.1) is 0 Å². The second-order valence-electron chi connectivity index (χ2n) is 5.14. The van der Waals surface area contributed by atoms with Crippen LogP contribution in [0.1, 0.15) is 15.9 Å². The summed E-state index contributed by atoms with van der Waals surface area (Å²) >= 11 is 5.96. The Bertz CT molecular complexity index is 905. The molecule has 140 valence electrons. The molecule has 0 aliphatic carbocycles. The number of nitriles is 1. The summed E-state index contributed by atoms with van der Waals surface area (Å²) in [6.07, 6.45) is 1.28. The lowest BCUT2D eigenvalue weighted by atomic mass is 10.0. The highest BCUT2D eigenvalue weighted by Crippen LogP contribution is 2.38. The largest absolute Gasteiger partial charge is 0.497 e. The summed E-state index contributed by atoms with van der Waals surface area (Å²) in [7, 11) is 2.75. The van der Waals surface area contributed by atoms with Crippen LogP contribution in [-0.4, -0.2) is 26.6 Å². The molecule has 0 saturated heterocycles. The highest BCUT2D eigenvalue weighted by molar-refractivity contribution is 6.32. The Labute approximate surface area is 159 Å². The molecule has 8 heteroatoms. The molecule has 0 radical (unpaired) electrons. The summed E-state index contributed by atoms with van der Waals surface area (Å²) in [5.74, 6) is -0.321. The van der Waals surface area contributed by atoms with Crippen molar-refractivity contribution in [1.82, 2.24) is 0 Å². The monoisotopic (exact) mass is 393 g/mol. The quantitative estimate of drug-likeness (QED) is 0.386. The first kappa shape index (κ1) is 20.2. The van der Waals surface area contributed by atoms with Crippen LogP contribution in [0.15, 0.2) is 42.0 Å². The number of allylic oxidation sites excluding steroid dienone is 1. The number of halogens is 3. The Balaban J connectivity index is 2.40.